The zero-order chi connectivity index (χ0) is 8.10. The molecule has 0 amide bonds. The third-order valence-electron chi connectivity index (χ3n) is 0.970. The maximum atomic E-state index is 5.08. The van der Waals surface area contributed by atoms with Crippen LogP contribution in [0.5, 0.6) is 0 Å². The van der Waals surface area contributed by atoms with Crippen molar-refractivity contribution >= 4 is 21.0 Å². The van der Waals surface area contributed by atoms with Gasteiger partial charge in [0.1, 0.15) is 5.94 Å². The van der Waals surface area contributed by atoms with Crippen molar-refractivity contribution in [3.05, 3.63) is 0 Å². The highest BCUT2D eigenvalue weighted by Gasteiger charge is 2.00. The number of tetrazole rings is 1. The molecule has 11 heavy (non-hydrogen) atoms. The van der Waals surface area contributed by atoms with Crippen molar-refractivity contribution in [2.45, 2.75) is 5.16 Å². The Morgan fingerprint density at radius 2 is 2.55 bits per heavy atom. The lowest BCUT2D eigenvalue weighted by Crippen LogP contribution is -1.94. The van der Waals surface area contributed by atoms with E-state index in [2.05, 4.69) is 24.8 Å². The number of aromatic nitrogens is 4. The number of hydrogen-bond acceptors (Lipinski definition) is 5. The first kappa shape index (κ1) is 8.90. The van der Waals surface area contributed by atoms with Crippen molar-refractivity contribution < 1.29 is 4.74 Å². The van der Waals surface area contributed by atoms with Crippen LogP contribution in [0.2, 0.25) is 0 Å². The Morgan fingerprint density at radius 3 is 3.09 bits per heavy atom. The summed E-state index contributed by atoms with van der Waals surface area (Å²) in [5, 5.41) is 11.7. The summed E-state index contributed by atoms with van der Waals surface area (Å²) in [4.78, 5) is 0. The zero-order valence-electron chi connectivity index (χ0n) is 6.10. The van der Waals surface area contributed by atoms with E-state index in [1.54, 1.807) is 11.7 Å². The second-order valence-corrected chi connectivity index (χ2v) is 2.94. The van der Waals surface area contributed by atoms with E-state index in [-0.39, 0.29) is 0 Å². The van der Waals surface area contributed by atoms with Gasteiger partial charge in [-0.3, -0.25) is 0 Å². The van der Waals surface area contributed by atoms with Gasteiger partial charge in [0.2, 0.25) is 5.16 Å². The molecule has 0 radical (unpaired) electrons. The van der Waals surface area contributed by atoms with Crippen molar-refractivity contribution in [2.75, 3.05) is 12.3 Å². The van der Waals surface area contributed by atoms with Crippen LogP contribution < -0.4 is 0 Å². The Morgan fingerprint density at radius 1 is 1.73 bits per heavy atom. The van der Waals surface area contributed by atoms with E-state index >= 15 is 0 Å². The monoisotopic (exact) mass is 192 g/mol. The van der Waals surface area contributed by atoms with Gasteiger partial charge < -0.3 is 4.74 Å². The molecular formula is C4H9N4OPS. The van der Waals surface area contributed by atoms with Crippen LogP contribution >= 0.6 is 21.0 Å². The Kier molecular flexibility index (Phi) is 3.76. The van der Waals surface area contributed by atoms with E-state index in [1.165, 1.54) is 11.8 Å². The van der Waals surface area contributed by atoms with Crippen molar-refractivity contribution in [1.29, 1.82) is 0 Å². The van der Waals surface area contributed by atoms with Crippen LogP contribution in [0.3, 0.4) is 0 Å². The van der Waals surface area contributed by atoms with Gasteiger partial charge in [-0.1, -0.05) is 11.8 Å². The Bertz CT molecular complexity index is 218. The van der Waals surface area contributed by atoms with Gasteiger partial charge in [0.15, 0.2) is 0 Å². The first-order chi connectivity index (χ1) is 5.34. The Balaban J connectivity index is 2.32. The maximum absolute atomic E-state index is 5.08. The molecule has 0 spiro atoms. The van der Waals surface area contributed by atoms with Crippen molar-refractivity contribution in [3.8, 4) is 0 Å². The maximum Gasteiger partial charge on any atom is 0.211 e. The molecule has 7 heteroatoms. The highest BCUT2D eigenvalue weighted by Crippen LogP contribution is 2.11. The van der Waals surface area contributed by atoms with Crippen LogP contribution in [0, 0.1) is 0 Å². The van der Waals surface area contributed by atoms with E-state index in [1.807, 2.05) is 0 Å². The highest BCUT2D eigenvalue weighted by atomic mass is 32.2. The molecule has 0 aliphatic rings. The third kappa shape index (κ3) is 2.73. The van der Waals surface area contributed by atoms with Crippen LogP contribution in [-0.2, 0) is 11.8 Å². The molecule has 0 aliphatic heterocycles. The van der Waals surface area contributed by atoms with Crippen molar-refractivity contribution in [1.82, 2.24) is 20.2 Å². The van der Waals surface area contributed by atoms with Gasteiger partial charge in [0.25, 0.3) is 0 Å². The average Bonchev–Trinajstić information content (AvgIpc) is 2.37. The molecule has 1 unspecified atom stereocenters. The molecule has 0 N–H and O–H groups in total. The second kappa shape index (κ2) is 4.64. The SMILES string of the molecule is Cn1nnnc1SCOCP. The quantitative estimate of drug-likeness (QED) is 0.293. The normalized spacial score (nSPS) is 10.4. The molecule has 0 aromatic carbocycles. The predicted molar refractivity (Wildman–Crippen MR) is 45.2 cm³/mol. The minimum absolute atomic E-state index is 0.581. The summed E-state index contributed by atoms with van der Waals surface area (Å²) in [5.74, 6) is 0.581. The molecule has 5 nitrogen and oxygen atoms in total. The van der Waals surface area contributed by atoms with Crippen LogP contribution in [-0.4, -0.2) is 32.5 Å². The zero-order valence-corrected chi connectivity index (χ0v) is 8.07. The molecular weight excluding hydrogens is 183 g/mol. The van der Waals surface area contributed by atoms with E-state index in [0.717, 1.165) is 5.16 Å². The van der Waals surface area contributed by atoms with E-state index < -0.39 is 0 Å². The molecule has 1 rings (SSSR count). The smallest absolute Gasteiger partial charge is 0.211 e. The number of aryl methyl sites for hydroxylation is 1. The van der Waals surface area contributed by atoms with Gasteiger partial charge >= 0.3 is 0 Å². The number of ether oxygens (including phenoxy) is 1. The first-order valence-corrected chi connectivity index (χ1v) is 4.77. The molecule has 0 aliphatic carbocycles. The number of thioether (sulfide) groups is 1. The Labute approximate surface area is 71.1 Å². The number of nitrogens with zero attached hydrogens (tertiary/aromatic N) is 4. The van der Waals surface area contributed by atoms with Crippen LogP contribution in [0.25, 0.3) is 0 Å². The summed E-state index contributed by atoms with van der Waals surface area (Å²) < 4.78 is 6.69. The average molecular weight is 192 g/mol. The predicted octanol–water partition coefficient (Wildman–Crippen LogP) is 0.109. The second-order valence-electron chi connectivity index (χ2n) is 1.72. The standard InChI is InChI=1S/C4H9N4OPS/c1-8-4(5-6-7-8)11-3-9-2-10/h2-3,10H2,1H3. The van der Waals surface area contributed by atoms with Crippen molar-refractivity contribution in [3.63, 3.8) is 0 Å². The minimum atomic E-state index is 0.581. The fourth-order valence-electron chi connectivity index (χ4n) is 0.486. The topological polar surface area (TPSA) is 52.8 Å². The largest absolute Gasteiger partial charge is 0.366 e. The first-order valence-electron chi connectivity index (χ1n) is 2.97. The van der Waals surface area contributed by atoms with Gasteiger partial charge in [-0.15, -0.1) is 14.3 Å². The highest BCUT2D eigenvalue weighted by molar-refractivity contribution is 7.99. The molecule has 1 atom stereocenters. The summed E-state index contributed by atoms with van der Waals surface area (Å²) in [6.07, 6.45) is 0.637. The van der Waals surface area contributed by atoms with Gasteiger partial charge in [-0.05, 0) is 10.4 Å². The fraction of sp³-hybridized carbons (Fsp3) is 0.750. The van der Waals surface area contributed by atoms with Crippen LogP contribution in [0.1, 0.15) is 0 Å². The molecule has 0 bridgehead atoms. The van der Waals surface area contributed by atoms with Crippen molar-refractivity contribution in [2.24, 2.45) is 7.05 Å². The summed E-state index contributed by atoms with van der Waals surface area (Å²) in [6, 6.07) is 0. The lowest BCUT2D eigenvalue weighted by Gasteiger charge is -1.97. The van der Waals surface area contributed by atoms with Crippen LogP contribution in [0.4, 0.5) is 0 Å². The summed E-state index contributed by atoms with van der Waals surface area (Å²) in [5.41, 5.74) is 0. The number of rotatable bonds is 4. The number of hydrogen-bond donors (Lipinski definition) is 0. The Hall–Kier alpha value is -0.190. The fourth-order valence-corrected chi connectivity index (χ4v) is 1.38. The molecule has 1 heterocycles. The van der Waals surface area contributed by atoms with E-state index in [0.29, 0.717) is 12.3 Å². The summed E-state index contributed by atoms with van der Waals surface area (Å²) in [6.45, 7) is 0. The lowest BCUT2D eigenvalue weighted by molar-refractivity contribution is 0.239. The van der Waals surface area contributed by atoms with E-state index in [9.17, 15) is 0 Å². The van der Waals surface area contributed by atoms with Crippen LogP contribution in [0.15, 0.2) is 5.16 Å². The molecule has 0 saturated heterocycles. The van der Waals surface area contributed by atoms with Gasteiger partial charge in [-0.2, -0.15) is 0 Å². The lowest BCUT2D eigenvalue weighted by atomic mass is 11.2. The summed E-state index contributed by atoms with van der Waals surface area (Å²) in [7, 11) is 4.27. The van der Waals surface area contributed by atoms with Gasteiger partial charge in [0.05, 0.1) is 6.35 Å². The summed E-state index contributed by atoms with van der Waals surface area (Å²) >= 11 is 1.47. The van der Waals surface area contributed by atoms with Gasteiger partial charge in [-0.25, -0.2) is 4.68 Å². The minimum Gasteiger partial charge on any atom is -0.366 e. The molecule has 1 aromatic rings. The molecule has 62 valence electrons. The molecule has 1 aromatic heterocycles. The molecule has 0 fully saturated rings. The van der Waals surface area contributed by atoms with Gasteiger partial charge in [0, 0.05) is 7.05 Å². The molecule has 0 saturated carbocycles. The van der Waals surface area contributed by atoms with E-state index in [4.69, 9.17) is 4.74 Å². The third-order valence-corrected chi connectivity index (χ3v) is 2.09.